The predicted octanol–water partition coefficient (Wildman–Crippen LogP) is 3.10. The van der Waals surface area contributed by atoms with E-state index in [-0.39, 0.29) is 0 Å². The Morgan fingerprint density at radius 3 is 2.58 bits per heavy atom. The summed E-state index contributed by atoms with van der Waals surface area (Å²) in [5, 5.41) is 8.30. The van der Waals surface area contributed by atoms with Gasteiger partial charge in [-0.2, -0.15) is 5.10 Å². The van der Waals surface area contributed by atoms with Gasteiger partial charge in [-0.05, 0) is 51.4 Å². The van der Waals surface area contributed by atoms with Crippen LogP contribution in [0.4, 0.5) is 0 Å². The molecule has 3 nitrogen and oxygen atoms in total. The Kier molecular flexibility index (Phi) is 3.66. The fourth-order valence-electron chi connectivity index (χ4n) is 3.73. The van der Waals surface area contributed by atoms with Crippen LogP contribution in [-0.4, -0.2) is 15.8 Å². The topological polar surface area (TPSA) is 29.9 Å². The van der Waals surface area contributed by atoms with Crippen molar-refractivity contribution >= 4 is 0 Å². The summed E-state index contributed by atoms with van der Waals surface area (Å²) in [5.74, 6) is 2.09. The molecule has 2 aliphatic carbocycles. The largest absolute Gasteiger partial charge is 0.310 e. The lowest BCUT2D eigenvalue weighted by Gasteiger charge is -2.30. The first-order chi connectivity index (χ1) is 9.15. The van der Waals surface area contributed by atoms with E-state index in [4.69, 9.17) is 0 Å². The summed E-state index contributed by atoms with van der Waals surface area (Å²) in [5.41, 5.74) is 3.89. The summed E-state index contributed by atoms with van der Waals surface area (Å²) in [6, 6.07) is 0.735. The number of nitrogens with one attached hydrogen (secondary N) is 1. The smallest absolute Gasteiger partial charge is 0.0641 e. The minimum absolute atomic E-state index is 0.735. The van der Waals surface area contributed by atoms with Crippen molar-refractivity contribution < 1.29 is 0 Å². The summed E-state index contributed by atoms with van der Waals surface area (Å²) in [7, 11) is 2.04. The number of hydrogen-bond donors (Lipinski definition) is 1. The van der Waals surface area contributed by atoms with E-state index in [2.05, 4.69) is 24.3 Å². The van der Waals surface area contributed by atoms with Crippen LogP contribution in [0.3, 0.4) is 0 Å². The van der Waals surface area contributed by atoms with Crippen LogP contribution in [0.1, 0.15) is 55.5 Å². The van der Waals surface area contributed by atoms with E-state index in [1.165, 1.54) is 55.5 Å². The van der Waals surface area contributed by atoms with Gasteiger partial charge >= 0.3 is 0 Å². The molecule has 3 rings (SSSR count). The van der Waals surface area contributed by atoms with Crippen molar-refractivity contribution in [1.82, 2.24) is 15.1 Å². The monoisotopic (exact) mass is 261 g/mol. The van der Waals surface area contributed by atoms with Crippen LogP contribution < -0.4 is 5.32 Å². The molecule has 0 bridgehead atoms. The maximum absolute atomic E-state index is 4.50. The van der Waals surface area contributed by atoms with Crippen molar-refractivity contribution in [3.8, 4) is 0 Å². The summed E-state index contributed by atoms with van der Waals surface area (Å²) in [6.07, 6.45) is 8.67. The number of rotatable bonds is 4. The first-order valence-electron chi connectivity index (χ1n) is 7.87. The molecule has 0 saturated heterocycles. The first-order valence-corrected chi connectivity index (χ1v) is 7.87. The lowest BCUT2D eigenvalue weighted by molar-refractivity contribution is 0.260. The van der Waals surface area contributed by atoms with Crippen molar-refractivity contribution in [2.24, 2.45) is 18.9 Å². The molecule has 1 heterocycles. The summed E-state index contributed by atoms with van der Waals surface area (Å²) >= 11 is 0. The third-order valence-electron chi connectivity index (χ3n) is 5.23. The fraction of sp³-hybridized carbons (Fsp3) is 0.812. The van der Waals surface area contributed by atoms with Gasteiger partial charge in [-0.15, -0.1) is 0 Å². The Morgan fingerprint density at radius 1 is 1.16 bits per heavy atom. The van der Waals surface area contributed by atoms with Gasteiger partial charge in [-0.3, -0.25) is 4.68 Å². The number of hydrogen-bond acceptors (Lipinski definition) is 2. The zero-order valence-corrected chi connectivity index (χ0v) is 12.6. The Morgan fingerprint density at radius 2 is 1.95 bits per heavy atom. The number of nitrogens with zero attached hydrogens (tertiary/aromatic N) is 2. The van der Waals surface area contributed by atoms with E-state index < -0.39 is 0 Å². The standard InChI is InChI=1S/C16H27N3/c1-11-16(12(2)19(3)18-11)10-17-15-6-4-5-14(9-15)13-7-8-13/h13-15,17H,4-10H2,1-3H3. The molecule has 0 radical (unpaired) electrons. The molecule has 0 aliphatic heterocycles. The van der Waals surface area contributed by atoms with Gasteiger partial charge in [-0.25, -0.2) is 0 Å². The normalized spacial score (nSPS) is 27.7. The lowest BCUT2D eigenvalue weighted by atomic mass is 9.82. The van der Waals surface area contributed by atoms with Crippen LogP contribution in [0.2, 0.25) is 0 Å². The SMILES string of the molecule is Cc1nn(C)c(C)c1CNC1CCCC(C2CC2)C1. The fourth-order valence-corrected chi connectivity index (χ4v) is 3.73. The van der Waals surface area contributed by atoms with Gasteiger partial charge < -0.3 is 5.32 Å². The summed E-state index contributed by atoms with van der Waals surface area (Å²) in [6.45, 7) is 5.29. The molecule has 19 heavy (non-hydrogen) atoms. The average Bonchev–Trinajstić information content (AvgIpc) is 3.19. The quantitative estimate of drug-likeness (QED) is 0.902. The molecule has 0 aromatic carbocycles. The first kappa shape index (κ1) is 13.2. The van der Waals surface area contributed by atoms with Crippen molar-refractivity contribution in [1.29, 1.82) is 0 Å². The predicted molar refractivity (Wildman–Crippen MR) is 78.0 cm³/mol. The molecular weight excluding hydrogens is 234 g/mol. The maximum Gasteiger partial charge on any atom is 0.0641 e. The molecular formula is C16H27N3. The second kappa shape index (κ2) is 5.28. The van der Waals surface area contributed by atoms with E-state index in [0.717, 1.165) is 24.4 Å². The third kappa shape index (κ3) is 2.86. The van der Waals surface area contributed by atoms with Gasteiger partial charge in [0.05, 0.1) is 5.69 Å². The second-order valence-electron chi connectivity index (χ2n) is 6.61. The molecule has 2 atom stereocenters. The third-order valence-corrected chi connectivity index (χ3v) is 5.23. The second-order valence-corrected chi connectivity index (χ2v) is 6.61. The number of aromatic nitrogens is 2. The molecule has 3 heteroatoms. The van der Waals surface area contributed by atoms with Gasteiger partial charge in [0, 0.05) is 30.9 Å². The van der Waals surface area contributed by atoms with Gasteiger partial charge in [-0.1, -0.05) is 12.8 Å². The van der Waals surface area contributed by atoms with Crippen LogP contribution >= 0.6 is 0 Å². The lowest BCUT2D eigenvalue weighted by Crippen LogP contribution is -2.34. The Bertz CT molecular complexity index is 445. The zero-order valence-electron chi connectivity index (χ0n) is 12.6. The van der Waals surface area contributed by atoms with Crippen LogP contribution in [0.25, 0.3) is 0 Å². The van der Waals surface area contributed by atoms with Gasteiger partial charge in [0.25, 0.3) is 0 Å². The minimum Gasteiger partial charge on any atom is -0.310 e. The van der Waals surface area contributed by atoms with Crippen molar-refractivity contribution in [3.05, 3.63) is 17.0 Å². The molecule has 0 spiro atoms. The molecule has 2 fully saturated rings. The van der Waals surface area contributed by atoms with E-state index in [1.807, 2.05) is 11.7 Å². The molecule has 106 valence electrons. The molecule has 1 aromatic heterocycles. The van der Waals surface area contributed by atoms with E-state index >= 15 is 0 Å². The van der Waals surface area contributed by atoms with Crippen LogP contribution in [-0.2, 0) is 13.6 Å². The molecule has 1 N–H and O–H groups in total. The van der Waals surface area contributed by atoms with Crippen molar-refractivity contribution in [3.63, 3.8) is 0 Å². The highest BCUT2D eigenvalue weighted by Gasteiger charge is 2.34. The maximum atomic E-state index is 4.50. The van der Waals surface area contributed by atoms with Gasteiger partial charge in [0.2, 0.25) is 0 Å². The van der Waals surface area contributed by atoms with Crippen LogP contribution in [0.15, 0.2) is 0 Å². The average molecular weight is 261 g/mol. The molecule has 2 unspecified atom stereocenters. The van der Waals surface area contributed by atoms with Gasteiger partial charge in [0.1, 0.15) is 0 Å². The van der Waals surface area contributed by atoms with E-state index in [1.54, 1.807) is 0 Å². The Balaban J connectivity index is 1.56. The highest BCUT2D eigenvalue weighted by atomic mass is 15.3. The Labute approximate surface area is 116 Å². The number of aryl methyl sites for hydroxylation is 2. The van der Waals surface area contributed by atoms with Gasteiger partial charge in [0.15, 0.2) is 0 Å². The van der Waals surface area contributed by atoms with E-state index in [9.17, 15) is 0 Å². The highest BCUT2D eigenvalue weighted by Crippen LogP contribution is 2.43. The molecule has 1 aromatic rings. The molecule has 2 aliphatic rings. The zero-order chi connectivity index (χ0) is 13.4. The molecule has 2 saturated carbocycles. The summed E-state index contributed by atoms with van der Waals surface area (Å²) in [4.78, 5) is 0. The highest BCUT2D eigenvalue weighted by molar-refractivity contribution is 5.24. The Hall–Kier alpha value is -0.830. The molecule has 0 amide bonds. The van der Waals surface area contributed by atoms with E-state index in [0.29, 0.717) is 0 Å². The van der Waals surface area contributed by atoms with Crippen molar-refractivity contribution in [2.45, 2.75) is 65.0 Å². The van der Waals surface area contributed by atoms with Crippen molar-refractivity contribution in [2.75, 3.05) is 0 Å². The van der Waals surface area contributed by atoms with Crippen LogP contribution in [0, 0.1) is 25.7 Å². The summed E-state index contributed by atoms with van der Waals surface area (Å²) < 4.78 is 2.00. The minimum atomic E-state index is 0.735. The van der Waals surface area contributed by atoms with Crippen LogP contribution in [0.5, 0.6) is 0 Å².